The molecular weight excluding hydrogens is 230 g/mol. The van der Waals surface area contributed by atoms with Crippen molar-refractivity contribution in [2.45, 2.75) is 13.2 Å². The second kappa shape index (κ2) is 5.88. The van der Waals surface area contributed by atoms with E-state index in [-0.39, 0.29) is 12.5 Å². The summed E-state index contributed by atoms with van der Waals surface area (Å²) in [4.78, 5) is 19.7. The lowest BCUT2D eigenvalue weighted by molar-refractivity contribution is 0.0950. The summed E-state index contributed by atoms with van der Waals surface area (Å²) < 4.78 is 0. The number of aliphatic hydroxyl groups excluding tert-OH is 1. The van der Waals surface area contributed by atoms with Crippen molar-refractivity contribution in [1.82, 2.24) is 15.3 Å². The molecule has 2 aromatic rings. The van der Waals surface area contributed by atoms with Gasteiger partial charge in [0.05, 0.1) is 12.3 Å². The summed E-state index contributed by atoms with van der Waals surface area (Å²) in [6.07, 6.45) is 4.89. The first-order chi connectivity index (χ1) is 8.79. The van der Waals surface area contributed by atoms with Crippen LogP contribution in [-0.4, -0.2) is 21.0 Å². The van der Waals surface area contributed by atoms with E-state index in [1.165, 1.54) is 6.20 Å². The Morgan fingerprint density at radius 1 is 1.33 bits per heavy atom. The molecule has 0 spiro atoms. The second-order valence-electron chi connectivity index (χ2n) is 3.74. The minimum atomic E-state index is -0.198. The van der Waals surface area contributed by atoms with Crippen molar-refractivity contribution < 1.29 is 9.90 Å². The fourth-order valence-corrected chi connectivity index (χ4v) is 1.49. The van der Waals surface area contributed by atoms with Crippen LogP contribution in [-0.2, 0) is 13.2 Å². The van der Waals surface area contributed by atoms with Crippen molar-refractivity contribution in [2.75, 3.05) is 0 Å². The van der Waals surface area contributed by atoms with Crippen molar-refractivity contribution in [3.63, 3.8) is 0 Å². The zero-order valence-corrected chi connectivity index (χ0v) is 9.71. The highest BCUT2D eigenvalue weighted by Crippen LogP contribution is 2.03. The van der Waals surface area contributed by atoms with Crippen molar-refractivity contribution in [1.29, 1.82) is 0 Å². The summed E-state index contributed by atoms with van der Waals surface area (Å²) in [5.74, 6) is -0.198. The largest absolute Gasteiger partial charge is 0.390 e. The first kappa shape index (κ1) is 12.2. The number of aliphatic hydroxyl groups is 1. The molecular formula is C13H13N3O2. The summed E-state index contributed by atoms with van der Waals surface area (Å²) >= 11 is 0. The topological polar surface area (TPSA) is 75.1 Å². The summed E-state index contributed by atoms with van der Waals surface area (Å²) in [5.41, 5.74) is 1.89. The molecule has 18 heavy (non-hydrogen) atoms. The number of rotatable bonds is 4. The van der Waals surface area contributed by atoms with Crippen LogP contribution in [0.25, 0.3) is 0 Å². The molecule has 5 heteroatoms. The second-order valence-corrected chi connectivity index (χ2v) is 3.74. The van der Waals surface area contributed by atoms with Crippen molar-refractivity contribution in [2.24, 2.45) is 0 Å². The Labute approximate surface area is 105 Å². The molecule has 5 nitrogen and oxygen atoms in total. The van der Waals surface area contributed by atoms with Gasteiger partial charge in [0.15, 0.2) is 0 Å². The molecule has 2 rings (SSSR count). The number of carbonyl (C=O) groups excluding carboxylic acids is 1. The van der Waals surface area contributed by atoms with Crippen LogP contribution in [0, 0.1) is 0 Å². The van der Waals surface area contributed by atoms with Crippen LogP contribution < -0.4 is 5.32 Å². The van der Waals surface area contributed by atoms with E-state index in [1.54, 1.807) is 24.5 Å². The van der Waals surface area contributed by atoms with E-state index in [2.05, 4.69) is 15.3 Å². The van der Waals surface area contributed by atoms with E-state index >= 15 is 0 Å². The van der Waals surface area contributed by atoms with E-state index in [1.807, 2.05) is 12.1 Å². The molecule has 0 radical (unpaired) electrons. The molecule has 0 aliphatic carbocycles. The molecule has 0 saturated heterocycles. The van der Waals surface area contributed by atoms with Crippen LogP contribution in [0.1, 0.15) is 21.6 Å². The van der Waals surface area contributed by atoms with Gasteiger partial charge in [0.1, 0.15) is 0 Å². The number of hydrogen-bond donors (Lipinski definition) is 2. The molecule has 2 aromatic heterocycles. The highest BCUT2D eigenvalue weighted by molar-refractivity contribution is 5.94. The number of nitrogens with zero attached hydrogens (tertiary/aromatic N) is 2. The van der Waals surface area contributed by atoms with Gasteiger partial charge in [-0.1, -0.05) is 6.07 Å². The Balaban J connectivity index is 1.99. The number of amides is 1. The first-order valence-electron chi connectivity index (χ1n) is 5.52. The minimum absolute atomic E-state index is 0.177. The lowest BCUT2D eigenvalue weighted by Crippen LogP contribution is -2.23. The average Bonchev–Trinajstić information content (AvgIpc) is 2.46. The fraction of sp³-hybridized carbons (Fsp3) is 0.154. The summed E-state index contributed by atoms with van der Waals surface area (Å²) in [6.45, 7) is 0.243. The average molecular weight is 243 g/mol. The zero-order valence-electron chi connectivity index (χ0n) is 9.71. The molecule has 0 aliphatic rings. The Morgan fingerprint density at radius 3 is 2.94 bits per heavy atom. The number of nitrogens with one attached hydrogen (secondary N) is 1. The maximum atomic E-state index is 11.8. The standard InChI is InChI=1S/C13H13N3O2/c17-9-12-6-11(3-5-15-12)13(18)16-8-10-2-1-4-14-7-10/h1-7,17H,8-9H2,(H,16,18). The van der Waals surface area contributed by atoms with Gasteiger partial charge >= 0.3 is 0 Å². The van der Waals surface area contributed by atoms with Crippen molar-refractivity contribution in [3.8, 4) is 0 Å². The van der Waals surface area contributed by atoms with Gasteiger partial charge in [-0.05, 0) is 23.8 Å². The van der Waals surface area contributed by atoms with E-state index in [9.17, 15) is 4.79 Å². The molecule has 0 fully saturated rings. The maximum absolute atomic E-state index is 11.8. The molecule has 1 amide bonds. The quantitative estimate of drug-likeness (QED) is 0.836. The van der Waals surface area contributed by atoms with Crippen molar-refractivity contribution >= 4 is 5.91 Å². The lowest BCUT2D eigenvalue weighted by Gasteiger charge is -2.05. The molecule has 0 bridgehead atoms. The zero-order chi connectivity index (χ0) is 12.8. The molecule has 2 N–H and O–H groups in total. The lowest BCUT2D eigenvalue weighted by atomic mass is 10.2. The normalized spacial score (nSPS) is 10.1. The van der Waals surface area contributed by atoms with Crippen molar-refractivity contribution in [3.05, 3.63) is 59.7 Å². The fourth-order valence-electron chi connectivity index (χ4n) is 1.49. The van der Waals surface area contributed by atoms with Crippen LogP contribution in [0.5, 0.6) is 0 Å². The smallest absolute Gasteiger partial charge is 0.251 e. The molecule has 0 aromatic carbocycles. The van der Waals surface area contributed by atoms with E-state index in [0.717, 1.165) is 5.56 Å². The number of carbonyl (C=O) groups is 1. The van der Waals surface area contributed by atoms with Crippen LogP contribution in [0.4, 0.5) is 0 Å². The number of aromatic nitrogens is 2. The number of pyridine rings is 2. The first-order valence-corrected chi connectivity index (χ1v) is 5.52. The van der Waals surface area contributed by atoms with Gasteiger partial charge in [-0.3, -0.25) is 14.8 Å². The SMILES string of the molecule is O=C(NCc1cccnc1)c1ccnc(CO)c1. The van der Waals surface area contributed by atoms with E-state index < -0.39 is 0 Å². The molecule has 0 unspecified atom stereocenters. The summed E-state index contributed by atoms with van der Waals surface area (Å²) in [6, 6.07) is 6.88. The summed E-state index contributed by atoms with van der Waals surface area (Å²) in [5, 5.41) is 11.7. The third-order valence-corrected chi connectivity index (χ3v) is 2.42. The summed E-state index contributed by atoms with van der Waals surface area (Å²) in [7, 11) is 0. The highest BCUT2D eigenvalue weighted by Gasteiger charge is 2.06. The van der Waals surface area contributed by atoms with Gasteiger partial charge in [0.25, 0.3) is 5.91 Å². The molecule has 0 atom stereocenters. The predicted molar refractivity (Wildman–Crippen MR) is 65.6 cm³/mol. The Hall–Kier alpha value is -2.27. The Morgan fingerprint density at radius 2 is 2.22 bits per heavy atom. The Kier molecular flexibility index (Phi) is 3.98. The van der Waals surface area contributed by atoms with Gasteiger partial charge < -0.3 is 10.4 Å². The Bertz CT molecular complexity index is 529. The van der Waals surface area contributed by atoms with Crippen LogP contribution in [0.15, 0.2) is 42.9 Å². The van der Waals surface area contributed by atoms with E-state index in [4.69, 9.17) is 5.11 Å². The van der Waals surface area contributed by atoms with Crippen LogP contribution in [0.3, 0.4) is 0 Å². The molecule has 92 valence electrons. The monoisotopic (exact) mass is 243 g/mol. The predicted octanol–water partition coefficient (Wildman–Crippen LogP) is 0.899. The minimum Gasteiger partial charge on any atom is -0.390 e. The number of hydrogen-bond acceptors (Lipinski definition) is 4. The van der Waals surface area contributed by atoms with Gasteiger partial charge in [0, 0.05) is 30.7 Å². The third kappa shape index (κ3) is 3.11. The third-order valence-electron chi connectivity index (χ3n) is 2.42. The van der Waals surface area contributed by atoms with E-state index in [0.29, 0.717) is 17.8 Å². The highest BCUT2D eigenvalue weighted by atomic mass is 16.3. The van der Waals surface area contributed by atoms with Crippen LogP contribution in [0.2, 0.25) is 0 Å². The molecule has 0 aliphatic heterocycles. The van der Waals surface area contributed by atoms with Crippen LogP contribution >= 0.6 is 0 Å². The maximum Gasteiger partial charge on any atom is 0.251 e. The van der Waals surface area contributed by atoms with Gasteiger partial charge in [-0.25, -0.2) is 0 Å². The van der Waals surface area contributed by atoms with Gasteiger partial charge in [-0.2, -0.15) is 0 Å². The molecule has 0 saturated carbocycles. The van der Waals surface area contributed by atoms with Gasteiger partial charge in [-0.15, -0.1) is 0 Å². The molecule has 2 heterocycles. The van der Waals surface area contributed by atoms with Gasteiger partial charge in [0.2, 0.25) is 0 Å².